The van der Waals surface area contributed by atoms with Gasteiger partial charge in [0.25, 0.3) is 0 Å². The number of unbranched alkanes of at least 4 members (excludes halogenated alkanes) is 7. The summed E-state index contributed by atoms with van der Waals surface area (Å²) in [4.78, 5) is 0. The fraction of sp³-hybridized carbons (Fsp3) is 0.900. The molecule has 0 amide bonds. The van der Waals surface area contributed by atoms with E-state index < -0.39 is 0 Å². The molecule has 0 unspecified atom stereocenters. The molecule has 0 aromatic rings. The van der Waals surface area contributed by atoms with Crippen LogP contribution in [0.2, 0.25) is 0 Å². The lowest BCUT2D eigenvalue weighted by Gasteiger charge is -2.18. The number of hydrogen-bond acceptors (Lipinski definition) is 3. The summed E-state index contributed by atoms with van der Waals surface area (Å²) in [6, 6.07) is 0. The first-order valence-electron chi connectivity index (χ1n) is 9.84. The lowest BCUT2D eigenvalue weighted by molar-refractivity contribution is -0.148. The van der Waals surface area contributed by atoms with Crippen LogP contribution in [0, 0.1) is 0 Å². The Morgan fingerprint density at radius 2 is 1.35 bits per heavy atom. The molecule has 0 bridgehead atoms. The second kappa shape index (κ2) is 19.7. The number of rotatable bonds is 18. The molecule has 0 aliphatic rings. The van der Waals surface area contributed by atoms with Gasteiger partial charge in [-0.2, -0.15) is 0 Å². The van der Waals surface area contributed by atoms with Crippen molar-refractivity contribution < 1.29 is 14.6 Å². The van der Waals surface area contributed by atoms with Crippen molar-refractivity contribution in [2.75, 3.05) is 19.8 Å². The third kappa shape index (κ3) is 17.8. The summed E-state index contributed by atoms with van der Waals surface area (Å²) in [5, 5.41) is 8.70. The molecule has 0 heterocycles. The van der Waals surface area contributed by atoms with Crippen LogP contribution in [0.25, 0.3) is 0 Å². The number of allylic oxidation sites excluding steroid dienone is 1. The van der Waals surface area contributed by atoms with Crippen LogP contribution in [-0.4, -0.2) is 31.2 Å². The number of aliphatic hydroxyl groups is 1. The van der Waals surface area contributed by atoms with E-state index in [1.54, 1.807) is 0 Å². The molecule has 0 saturated heterocycles. The van der Waals surface area contributed by atoms with Crippen LogP contribution < -0.4 is 0 Å². The van der Waals surface area contributed by atoms with E-state index in [0.717, 1.165) is 45.3 Å². The molecule has 0 spiro atoms. The zero-order valence-corrected chi connectivity index (χ0v) is 15.6. The molecule has 1 N–H and O–H groups in total. The molecule has 0 aliphatic heterocycles. The minimum atomic E-state index is -0.00589. The molecule has 0 saturated carbocycles. The van der Waals surface area contributed by atoms with Gasteiger partial charge in [-0.3, -0.25) is 0 Å². The first kappa shape index (κ1) is 22.6. The van der Waals surface area contributed by atoms with Gasteiger partial charge in [0, 0.05) is 19.8 Å². The summed E-state index contributed by atoms with van der Waals surface area (Å²) in [6.07, 6.45) is 18.0. The average Bonchev–Trinajstić information content (AvgIpc) is 2.57. The summed E-state index contributed by atoms with van der Waals surface area (Å²) in [7, 11) is 0. The third-order valence-electron chi connectivity index (χ3n) is 3.88. The molecule has 3 heteroatoms. The van der Waals surface area contributed by atoms with Gasteiger partial charge in [0.1, 0.15) is 0 Å². The highest BCUT2D eigenvalue weighted by atomic mass is 16.7. The molecule has 138 valence electrons. The summed E-state index contributed by atoms with van der Waals surface area (Å²) < 4.78 is 11.8. The first-order chi connectivity index (χ1) is 11.3. The van der Waals surface area contributed by atoms with Crippen LogP contribution in [0.1, 0.15) is 90.9 Å². The maximum atomic E-state index is 8.70. The predicted molar refractivity (Wildman–Crippen MR) is 98.7 cm³/mol. The van der Waals surface area contributed by atoms with Crippen molar-refractivity contribution in [1.29, 1.82) is 0 Å². The molecule has 3 nitrogen and oxygen atoms in total. The minimum absolute atomic E-state index is 0.00589. The van der Waals surface area contributed by atoms with Crippen molar-refractivity contribution in [1.82, 2.24) is 0 Å². The van der Waals surface area contributed by atoms with Crippen molar-refractivity contribution in [3.8, 4) is 0 Å². The first-order valence-corrected chi connectivity index (χ1v) is 9.84. The highest BCUT2D eigenvalue weighted by molar-refractivity contribution is 4.80. The van der Waals surface area contributed by atoms with E-state index in [4.69, 9.17) is 14.6 Å². The largest absolute Gasteiger partial charge is 0.396 e. The second-order valence-corrected chi connectivity index (χ2v) is 6.21. The van der Waals surface area contributed by atoms with E-state index in [2.05, 4.69) is 26.0 Å². The van der Waals surface area contributed by atoms with Crippen molar-refractivity contribution >= 4 is 0 Å². The van der Waals surface area contributed by atoms with E-state index in [-0.39, 0.29) is 12.9 Å². The van der Waals surface area contributed by atoms with Crippen LogP contribution in [0.3, 0.4) is 0 Å². The second-order valence-electron chi connectivity index (χ2n) is 6.21. The SMILES string of the molecule is CCCCCOC(CCCCC/C=C\CCO)OCCCCC. The van der Waals surface area contributed by atoms with Gasteiger partial charge in [-0.25, -0.2) is 0 Å². The average molecular weight is 329 g/mol. The molecule has 0 aromatic heterocycles. The van der Waals surface area contributed by atoms with Gasteiger partial charge in [0.05, 0.1) is 0 Å². The van der Waals surface area contributed by atoms with Gasteiger partial charge in [-0.05, 0) is 44.9 Å². The monoisotopic (exact) mass is 328 g/mol. The maximum Gasteiger partial charge on any atom is 0.157 e. The summed E-state index contributed by atoms with van der Waals surface area (Å²) in [5.41, 5.74) is 0. The lowest BCUT2D eigenvalue weighted by Crippen LogP contribution is -2.19. The van der Waals surface area contributed by atoms with Crippen molar-refractivity contribution in [3.05, 3.63) is 12.2 Å². The lowest BCUT2D eigenvalue weighted by atomic mass is 10.1. The van der Waals surface area contributed by atoms with E-state index in [0.29, 0.717) is 0 Å². The van der Waals surface area contributed by atoms with Crippen molar-refractivity contribution in [2.24, 2.45) is 0 Å². The standard InChI is InChI=1S/C20H40O3/c1-3-5-14-18-22-20(23-19-15-6-4-2)16-12-10-8-7-9-11-13-17-21/h9,11,20-21H,3-8,10,12-19H2,1-2H3/b11-9-. The maximum absolute atomic E-state index is 8.70. The molecule has 0 fully saturated rings. The Bertz CT molecular complexity index is 229. The van der Waals surface area contributed by atoms with Crippen LogP contribution in [0.4, 0.5) is 0 Å². The molecule has 0 aromatic carbocycles. The Morgan fingerprint density at radius 3 is 1.91 bits per heavy atom. The molecular formula is C20H40O3. The summed E-state index contributed by atoms with van der Waals surface area (Å²) >= 11 is 0. The minimum Gasteiger partial charge on any atom is -0.396 e. The van der Waals surface area contributed by atoms with Crippen molar-refractivity contribution in [2.45, 2.75) is 97.2 Å². The Kier molecular flexibility index (Phi) is 19.3. The van der Waals surface area contributed by atoms with Crippen LogP contribution in [-0.2, 0) is 9.47 Å². The van der Waals surface area contributed by atoms with Crippen LogP contribution in [0.5, 0.6) is 0 Å². The quantitative estimate of drug-likeness (QED) is 0.202. The van der Waals surface area contributed by atoms with Gasteiger partial charge < -0.3 is 14.6 Å². The Morgan fingerprint density at radius 1 is 0.739 bits per heavy atom. The third-order valence-corrected chi connectivity index (χ3v) is 3.88. The Hall–Kier alpha value is -0.380. The van der Waals surface area contributed by atoms with Gasteiger partial charge >= 0.3 is 0 Å². The smallest absolute Gasteiger partial charge is 0.157 e. The fourth-order valence-corrected chi connectivity index (χ4v) is 2.41. The zero-order valence-electron chi connectivity index (χ0n) is 15.6. The number of ether oxygens (including phenoxy) is 2. The number of hydrogen-bond donors (Lipinski definition) is 1. The Balaban J connectivity index is 3.72. The zero-order chi connectivity index (χ0) is 17.0. The fourth-order valence-electron chi connectivity index (χ4n) is 2.41. The molecule has 0 aliphatic carbocycles. The summed E-state index contributed by atoms with van der Waals surface area (Å²) in [6.45, 7) is 6.34. The van der Waals surface area contributed by atoms with E-state index in [1.165, 1.54) is 44.9 Å². The molecule has 0 rings (SSSR count). The van der Waals surface area contributed by atoms with Gasteiger partial charge in [-0.15, -0.1) is 0 Å². The van der Waals surface area contributed by atoms with E-state index >= 15 is 0 Å². The van der Waals surface area contributed by atoms with Gasteiger partial charge in [0.15, 0.2) is 6.29 Å². The number of aliphatic hydroxyl groups excluding tert-OH is 1. The van der Waals surface area contributed by atoms with Gasteiger partial charge in [-0.1, -0.05) is 58.1 Å². The van der Waals surface area contributed by atoms with E-state index in [1.807, 2.05) is 0 Å². The van der Waals surface area contributed by atoms with Crippen LogP contribution in [0.15, 0.2) is 12.2 Å². The normalized spacial score (nSPS) is 11.8. The molecular weight excluding hydrogens is 288 g/mol. The summed E-state index contributed by atoms with van der Waals surface area (Å²) in [5.74, 6) is 0. The van der Waals surface area contributed by atoms with E-state index in [9.17, 15) is 0 Å². The highest BCUT2D eigenvalue weighted by Gasteiger charge is 2.08. The topological polar surface area (TPSA) is 38.7 Å². The predicted octanol–water partition coefficient (Wildman–Crippen LogP) is 5.62. The van der Waals surface area contributed by atoms with Crippen molar-refractivity contribution in [3.63, 3.8) is 0 Å². The van der Waals surface area contributed by atoms with Gasteiger partial charge in [0.2, 0.25) is 0 Å². The van der Waals surface area contributed by atoms with Crippen LogP contribution >= 0.6 is 0 Å². The Labute approximate surface area is 144 Å². The highest BCUT2D eigenvalue weighted by Crippen LogP contribution is 2.12. The molecule has 23 heavy (non-hydrogen) atoms. The molecule has 0 atom stereocenters. The molecule has 0 radical (unpaired) electrons.